The molecule has 20 heavy (non-hydrogen) atoms. The lowest BCUT2D eigenvalue weighted by Gasteiger charge is -2.33. The normalized spacial score (nSPS) is 18.5. The molecule has 1 aromatic carbocycles. The van der Waals surface area contributed by atoms with Crippen molar-refractivity contribution in [2.75, 3.05) is 24.8 Å². The third-order valence-electron chi connectivity index (χ3n) is 4.08. The Morgan fingerprint density at radius 1 is 1.10 bits per heavy atom. The van der Waals surface area contributed by atoms with Crippen LogP contribution in [0.3, 0.4) is 0 Å². The molecule has 0 saturated carbocycles. The van der Waals surface area contributed by atoms with Crippen molar-refractivity contribution in [2.24, 2.45) is 0 Å². The summed E-state index contributed by atoms with van der Waals surface area (Å²) < 4.78 is 12.9. The zero-order valence-corrected chi connectivity index (χ0v) is 11.2. The third-order valence-corrected chi connectivity index (χ3v) is 4.08. The van der Waals surface area contributed by atoms with E-state index >= 15 is 0 Å². The molecule has 5 nitrogen and oxygen atoms in total. The van der Waals surface area contributed by atoms with Crippen molar-refractivity contribution >= 4 is 5.69 Å². The Labute approximate surface area is 117 Å². The zero-order valence-electron chi connectivity index (χ0n) is 11.2. The van der Waals surface area contributed by atoms with Crippen molar-refractivity contribution < 1.29 is 9.47 Å². The van der Waals surface area contributed by atoms with Gasteiger partial charge in [-0.2, -0.15) is 5.10 Å². The second-order valence-corrected chi connectivity index (χ2v) is 5.24. The van der Waals surface area contributed by atoms with E-state index in [1.807, 2.05) is 18.3 Å². The molecule has 1 aromatic heterocycles. The van der Waals surface area contributed by atoms with Crippen LogP contribution in [-0.4, -0.2) is 29.7 Å². The molecule has 1 fully saturated rings. The number of nitrogens with zero attached hydrogens (tertiary/aromatic N) is 3. The van der Waals surface area contributed by atoms with E-state index < -0.39 is 0 Å². The summed E-state index contributed by atoms with van der Waals surface area (Å²) in [5, 5.41) is 4.35. The maximum absolute atomic E-state index is 5.45. The fraction of sp³-hybridized carbons (Fsp3) is 0.400. The van der Waals surface area contributed by atoms with Crippen LogP contribution in [0, 0.1) is 0 Å². The standard InChI is InChI=1S/C15H17N3O2/c1-6-16-18(7-1)12-4-8-17(9-5-12)13-2-3-14-15(10-13)20-11-19-14/h1-3,6-7,10,12H,4-5,8-9,11H2. The van der Waals surface area contributed by atoms with Gasteiger partial charge in [0.25, 0.3) is 0 Å². The van der Waals surface area contributed by atoms with Gasteiger partial charge in [0, 0.05) is 37.2 Å². The van der Waals surface area contributed by atoms with Crippen LogP contribution in [0.4, 0.5) is 5.69 Å². The minimum absolute atomic E-state index is 0.333. The van der Waals surface area contributed by atoms with Gasteiger partial charge in [-0.1, -0.05) is 0 Å². The monoisotopic (exact) mass is 271 g/mol. The lowest BCUT2D eigenvalue weighted by molar-refractivity contribution is 0.174. The summed E-state index contributed by atoms with van der Waals surface area (Å²) in [7, 11) is 0. The molecular formula is C15H17N3O2. The van der Waals surface area contributed by atoms with Crippen LogP contribution < -0.4 is 14.4 Å². The molecule has 104 valence electrons. The highest BCUT2D eigenvalue weighted by Gasteiger charge is 2.22. The molecule has 0 radical (unpaired) electrons. The summed E-state index contributed by atoms with van der Waals surface area (Å²) in [6.45, 7) is 2.43. The summed E-state index contributed by atoms with van der Waals surface area (Å²) in [4.78, 5) is 2.40. The molecule has 2 aromatic rings. The van der Waals surface area contributed by atoms with E-state index in [9.17, 15) is 0 Å². The summed E-state index contributed by atoms with van der Waals surface area (Å²) in [6, 6.07) is 8.70. The third kappa shape index (κ3) is 1.99. The zero-order chi connectivity index (χ0) is 13.4. The Bertz CT molecular complexity index is 589. The van der Waals surface area contributed by atoms with E-state index in [0.29, 0.717) is 12.8 Å². The van der Waals surface area contributed by atoms with Crippen molar-refractivity contribution in [3.8, 4) is 11.5 Å². The highest BCUT2D eigenvalue weighted by molar-refractivity contribution is 5.57. The fourth-order valence-electron chi connectivity index (χ4n) is 2.97. The first-order valence-electron chi connectivity index (χ1n) is 7.04. The molecule has 2 aliphatic rings. The van der Waals surface area contributed by atoms with Crippen molar-refractivity contribution in [1.82, 2.24) is 9.78 Å². The Balaban J connectivity index is 1.46. The molecule has 3 heterocycles. The van der Waals surface area contributed by atoms with Gasteiger partial charge in [0.15, 0.2) is 11.5 Å². The smallest absolute Gasteiger partial charge is 0.231 e. The van der Waals surface area contributed by atoms with Crippen molar-refractivity contribution in [2.45, 2.75) is 18.9 Å². The Kier molecular flexibility index (Phi) is 2.76. The highest BCUT2D eigenvalue weighted by atomic mass is 16.7. The summed E-state index contributed by atoms with van der Waals surface area (Å²) in [6.07, 6.45) is 6.15. The van der Waals surface area contributed by atoms with Crippen molar-refractivity contribution in [3.05, 3.63) is 36.7 Å². The molecule has 5 heteroatoms. The molecule has 0 bridgehead atoms. The lowest BCUT2D eigenvalue weighted by atomic mass is 10.0. The number of benzene rings is 1. The molecule has 0 N–H and O–H groups in total. The molecule has 0 spiro atoms. The Hall–Kier alpha value is -2.17. The van der Waals surface area contributed by atoms with Gasteiger partial charge in [-0.15, -0.1) is 0 Å². The highest BCUT2D eigenvalue weighted by Crippen LogP contribution is 2.36. The first kappa shape index (κ1) is 11.6. The number of hydrogen-bond donors (Lipinski definition) is 0. The maximum Gasteiger partial charge on any atom is 0.231 e. The number of aromatic nitrogens is 2. The van der Waals surface area contributed by atoms with E-state index in [1.165, 1.54) is 5.69 Å². The SMILES string of the molecule is c1cnn(C2CCN(c3ccc4c(c3)OCO4)CC2)c1. The number of anilines is 1. The van der Waals surface area contributed by atoms with Gasteiger partial charge in [0.05, 0.1) is 6.04 Å². The van der Waals surface area contributed by atoms with Crippen LogP contribution in [0.1, 0.15) is 18.9 Å². The molecule has 2 aliphatic heterocycles. The second kappa shape index (κ2) is 4.74. The Morgan fingerprint density at radius 3 is 2.75 bits per heavy atom. The fourth-order valence-corrected chi connectivity index (χ4v) is 2.97. The predicted octanol–water partition coefficient (Wildman–Crippen LogP) is 2.45. The van der Waals surface area contributed by atoms with E-state index in [4.69, 9.17) is 9.47 Å². The first-order chi connectivity index (χ1) is 9.90. The van der Waals surface area contributed by atoms with Crippen LogP contribution in [0.25, 0.3) is 0 Å². The van der Waals surface area contributed by atoms with Crippen molar-refractivity contribution in [3.63, 3.8) is 0 Å². The van der Waals surface area contributed by atoms with Gasteiger partial charge in [-0.05, 0) is 31.0 Å². The van der Waals surface area contributed by atoms with Crippen LogP contribution in [0.2, 0.25) is 0 Å². The first-order valence-corrected chi connectivity index (χ1v) is 7.04. The minimum Gasteiger partial charge on any atom is -0.454 e. The second-order valence-electron chi connectivity index (χ2n) is 5.24. The topological polar surface area (TPSA) is 39.5 Å². The molecule has 0 atom stereocenters. The molecule has 0 aliphatic carbocycles. The predicted molar refractivity (Wildman–Crippen MR) is 75.3 cm³/mol. The van der Waals surface area contributed by atoms with Gasteiger partial charge in [0.1, 0.15) is 0 Å². The van der Waals surface area contributed by atoms with E-state index in [-0.39, 0.29) is 0 Å². The molecular weight excluding hydrogens is 254 g/mol. The number of rotatable bonds is 2. The lowest BCUT2D eigenvalue weighted by Crippen LogP contribution is -2.34. The van der Waals surface area contributed by atoms with Crippen LogP contribution >= 0.6 is 0 Å². The average molecular weight is 271 g/mol. The van der Waals surface area contributed by atoms with Crippen LogP contribution in [-0.2, 0) is 0 Å². The molecule has 1 saturated heterocycles. The Morgan fingerprint density at radius 2 is 1.95 bits per heavy atom. The van der Waals surface area contributed by atoms with E-state index in [2.05, 4.69) is 33.0 Å². The summed E-state index contributed by atoms with van der Waals surface area (Å²) in [5.74, 6) is 1.71. The van der Waals surface area contributed by atoms with Gasteiger partial charge < -0.3 is 14.4 Å². The average Bonchev–Trinajstić information content (AvgIpc) is 3.18. The maximum atomic E-state index is 5.45. The largest absolute Gasteiger partial charge is 0.454 e. The quantitative estimate of drug-likeness (QED) is 0.841. The summed E-state index contributed by atoms with van der Waals surface area (Å²) >= 11 is 0. The molecule has 0 amide bonds. The number of ether oxygens (including phenoxy) is 2. The summed E-state index contributed by atoms with van der Waals surface area (Å²) in [5.41, 5.74) is 1.22. The van der Waals surface area contributed by atoms with Gasteiger partial charge >= 0.3 is 0 Å². The van der Waals surface area contributed by atoms with Crippen molar-refractivity contribution in [1.29, 1.82) is 0 Å². The number of piperidine rings is 1. The van der Waals surface area contributed by atoms with Gasteiger partial charge in [-0.25, -0.2) is 0 Å². The number of hydrogen-bond acceptors (Lipinski definition) is 4. The minimum atomic E-state index is 0.333. The molecule has 0 unspecified atom stereocenters. The van der Waals surface area contributed by atoms with E-state index in [1.54, 1.807) is 0 Å². The van der Waals surface area contributed by atoms with Gasteiger partial charge in [0.2, 0.25) is 6.79 Å². The van der Waals surface area contributed by atoms with Crippen LogP contribution in [0.5, 0.6) is 11.5 Å². The van der Waals surface area contributed by atoms with Gasteiger partial charge in [-0.3, -0.25) is 4.68 Å². The van der Waals surface area contributed by atoms with E-state index in [0.717, 1.165) is 37.4 Å². The van der Waals surface area contributed by atoms with Crippen LogP contribution in [0.15, 0.2) is 36.7 Å². The molecule has 4 rings (SSSR count). The number of fused-ring (bicyclic) bond motifs is 1.